The van der Waals surface area contributed by atoms with Crippen LogP contribution in [0.25, 0.3) is 5.70 Å². The second kappa shape index (κ2) is 6.26. The molecule has 0 N–H and O–H groups in total. The molecule has 0 amide bonds. The van der Waals surface area contributed by atoms with Gasteiger partial charge in [-0.2, -0.15) is 0 Å². The third-order valence-corrected chi connectivity index (χ3v) is 2.70. The Labute approximate surface area is 112 Å². The summed E-state index contributed by atoms with van der Waals surface area (Å²) in [5, 5.41) is 0.544. The van der Waals surface area contributed by atoms with Gasteiger partial charge in [-0.05, 0) is 25.5 Å². The highest BCUT2D eigenvalue weighted by Crippen LogP contribution is 2.17. The highest BCUT2D eigenvalue weighted by atomic mass is 35.5. The Morgan fingerprint density at radius 3 is 3.06 bits per heavy atom. The molecule has 3 nitrogen and oxygen atoms in total. The topological polar surface area (TPSA) is 37.6 Å². The lowest BCUT2D eigenvalue weighted by molar-refractivity contribution is 1.19. The minimum absolute atomic E-state index is 0.544. The van der Waals surface area contributed by atoms with E-state index in [2.05, 4.69) is 21.0 Å². The maximum atomic E-state index is 5.92. The summed E-state index contributed by atoms with van der Waals surface area (Å²) >= 11 is 5.92. The molecular weight excluding hydrogens is 246 g/mol. The predicted molar refractivity (Wildman–Crippen MR) is 77.1 cm³/mol. The molecule has 0 spiro atoms. The van der Waals surface area contributed by atoms with Crippen LogP contribution < -0.4 is 0 Å². The van der Waals surface area contributed by atoms with Gasteiger partial charge in [0.05, 0.1) is 5.70 Å². The van der Waals surface area contributed by atoms with Crippen LogP contribution in [-0.4, -0.2) is 16.4 Å². The van der Waals surface area contributed by atoms with Gasteiger partial charge in [0, 0.05) is 36.3 Å². The number of allylic oxidation sites excluding steroid dienone is 2. The molecule has 0 bridgehead atoms. The number of rotatable bonds is 1. The summed E-state index contributed by atoms with van der Waals surface area (Å²) in [6.45, 7) is 1.97. The van der Waals surface area contributed by atoms with E-state index in [9.17, 15) is 0 Å². The maximum absolute atomic E-state index is 5.92. The molecule has 92 valence electrons. The summed E-state index contributed by atoms with van der Waals surface area (Å²) in [7, 11) is 0. The Balaban J connectivity index is 2.28. The third kappa shape index (κ3) is 3.64. The molecule has 0 aromatic carbocycles. The Morgan fingerprint density at radius 1 is 1.33 bits per heavy atom. The summed E-state index contributed by atoms with van der Waals surface area (Å²) in [6.07, 6.45) is 10.7. The average molecular weight is 260 g/mol. The first kappa shape index (κ1) is 12.7. The standard InChI is InChI=1S/C14H14ClN3/c1-11-10-12(5-8-16-11)13-4-2-3-7-18-14(15)6-9-17-13/h3-5,7-10H,2,6H2,1H3/b7-3-,13-4?,17-9?,18-14?. The molecule has 4 heteroatoms. The van der Waals surface area contributed by atoms with E-state index in [0.717, 1.165) is 23.4 Å². The van der Waals surface area contributed by atoms with Crippen molar-refractivity contribution in [2.45, 2.75) is 19.8 Å². The molecule has 2 heterocycles. The lowest BCUT2D eigenvalue weighted by Crippen LogP contribution is -1.91. The number of aryl methyl sites for hydroxylation is 1. The maximum Gasteiger partial charge on any atom is 0.111 e. The van der Waals surface area contributed by atoms with Gasteiger partial charge in [-0.15, -0.1) is 0 Å². The van der Waals surface area contributed by atoms with Gasteiger partial charge < -0.3 is 0 Å². The fraction of sp³-hybridized carbons (Fsp3) is 0.214. The molecule has 0 saturated heterocycles. The van der Waals surface area contributed by atoms with Crippen LogP contribution in [-0.2, 0) is 0 Å². The second-order valence-electron chi connectivity index (χ2n) is 3.92. The zero-order valence-electron chi connectivity index (χ0n) is 10.2. The van der Waals surface area contributed by atoms with Crippen molar-refractivity contribution in [3.05, 3.63) is 47.9 Å². The summed E-state index contributed by atoms with van der Waals surface area (Å²) in [5.41, 5.74) is 2.99. The number of hydrogen-bond acceptors (Lipinski definition) is 3. The molecule has 18 heavy (non-hydrogen) atoms. The van der Waals surface area contributed by atoms with Gasteiger partial charge in [0.15, 0.2) is 0 Å². The lowest BCUT2D eigenvalue weighted by atomic mass is 10.1. The first-order valence-electron chi connectivity index (χ1n) is 5.78. The van der Waals surface area contributed by atoms with Crippen LogP contribution in [0.3, 0.4) is 0 Å². The number of hydrogen-bond donors (Lipinski definition) is 0. The molecule has 2 rings (SSSR count). The zero-order valence-corrected chi connectivity index (χ0v) is 10.9. The van der Waals surface area contributed by atoms with E-state index < -0.39 is 0 Å². The highest BCUT2D eigenvalue weighted by molar-refractivity contribution is 6.66. The van der Waals surface area contributed by atoms with Gasteiger partial charge in [0.1, 0.15) is 5.17 Å². The van der Waals surface area contributed by atoms with Crippen molar-refractivity contribution in [3.63, 3.8) is 0 Å². The second-order valence-corrected chi connectivity index (χ2v) is 4.35. The highest BCUT2D eigenvalue weighted by Gasteiger charge is 2.00. The fourth-order valence-corrected chi connectivity index (χ4v) is 1.72. The van der Waals surface area contributed by atoms with Crippen LogP contribution in [0.15, 0.2) is 46.7 Å². The molecule has 1 aromatic rings. The number of aliphatic imine (C=N–C) groups is 2. The van der Waals surface area contributed by atoms with Crippen molar-refractivity contribution in [2.75, 3.05) is 0 Å². The average Bonchev–Trinajstić information content (AvgIpc) is 2.37. The normalized spacial score (nSPS) is 17.9. The van der Waals surface area contributed by atoms with Crippen molar-refractivity contribution in [3.8, 4) is 0 Å². The van der Waals surface area contributed by atoms with E-state index in [1.807, 2.05) is 25.1 Å². The molecule has 0 saturated carbocycles. The van der Waals surface area contributed by atoms with Gasteiger partial charge in [0.2, 0.25) is 0 Å². The van der Waals surface area contributed by atoms with E-state index in [1.54, 1.807) is 18.6 Å². The number of pyridine rings is 1. The SMILES string of the molecule is Cc1cc(C2=CC/C=C\N=C(Cl)CC=N2)ccn1. The van der Waals surface area contributed by atoms with Gasteiger partial charge in [-0.3, -0.25) is 9.98 Å². The monoisotopic (exact) mass is 259 g/mol. The molecule has 1 aliphatic rings. The minimum Gasteiger partial charge on any atom is -0.262 e. The Kier molecular flexibility index (Phi) is 4.42. The van der Waals surface area contributed by atoms with Crippen LogP contribution in [0.5, 0.6) is 0 Å². The largest absolute Gasteiger partial charge is 0.262 e. The van der Waals surface area contributed by atoms with Crippen molar-refractivity contribution in [1.82, 2.24) is 4.98 Å². The van der Waals surface area contributed by atoms with Crippen molar-refractivity contribution in [1.29, 1.82) is 0 Å². The van der Waals surface area contributed by atoms with Crippen molar-refractivity contribution in [2.24, 2.45) is 9.98 Å². The van der Waals surface area contributed by atoms with E-state index in [1.165, 1.54) is 0 Å². The van der Waals surface area contributed by atoms with E-state index in [4.69, 9.17) is 11.6 Å². The number of aromatic nitrogens is 1. The van der Waals surface area contributed by atoms with Crippen molar-refractivity contribution >= 4 is 28.7 Å². The van der Waals surface area contributed by atoms with Crippen LogP contribution in [0, 0.1) is 6.92 Å². The van der Waals surface area contributed by atoms with Gasteiger partial charge in [-0.1, -0.05) is 23.8 Å². The molecule has 0 unspecified atom stereocenters. The third-order valence-electron chi connectivity index (χ3n) is 2.45. The smallest absolute Gasteiger partial charge is 0.111 e. The molecular formula is C14H14ClN3. The number of nitrogens with zero attached hydrogens (tertiary/aromatic N) is 3. The summed E-state index contributed by atoms with van der Waals surface area (Å²) < 4.78 is 0. The first-order valence-corrected chi connectivity index (χ1v) is 6.16. The van der Waals surface area contributed by atoms with Crippen LogP contribution >= 0.6 is 11.6 Å². The molecule has 0 radical (unpaired) electrons. The van der Waals surface area contributed by atoms with Crippen LogP contribution in [0.1, 0.15) is 24.1 Å². The molecule has 1 aromatic heterocycles. The minimum atomic E-state index is 0.544. The Hall–Kier alpha value is -1.74. The van der Waals surface area contributed by atoms with Crippen LogP contribution in [0.4, 0.5) is 0 Å². The predicted octanol–water partition coefficient (Wildman–Crippen LogP) is 3.75. The van der Waals surface area contributed by atoms with E-state index in [0.29, 0.717) is 11.6 Å². The molecule has 1 aliphatic heterocycles. The summed E-state index contributed by atoms with van der Waals surface area (Å²) in [5.74, 6) is 0. The fourth-order valence-electron chi connectivity index (χ4n) is 1.60. The molecule has 0 atom stereocenters. The van der Waals surface area contributed by atoms with Gasteiger partial charge in [-0.25, -0.2) is 4.99 Å². The summed E-state index contributed by atoms with van der Waals surface area (Å²) in [4.78, 5) is 12.7. The van der Waals surface area contributed by atoms with Gasteiger partial charge in [0.25, 0.3) is 0 Å². The van der Waals surface area contributed by atoms with Gasteiger partial charge >= 0.3 is 0 Å². The zero-order chi connectivity index (χ0) is 12.8. The lowest BCUT2D eigenvalue weighted by Gasteiger charge is -2.03. The van der Waals surface area contributed by atoms with Crippen molar-refractivity contribution < 1.29 is 0 Å². The number of halogens is 1. The molecule has 0 fully saturated rings. The quantitative estimate of drug-likeness (QED) is 0.757. The first-order chi connectivity index (χ1) is 8.75. The van der Waals surface area contributed by atoms with E-state index >= 15 is 0 Å². The Morgan fingerprint density at radius 2 is 2.22 bits per heavy atom. The molecule has 0 aliphatic carbocycles. The van der Waals surface area contributed by atoms with E-state index in [-0.39, 0.29) is 0 Å². The van der Waals surface area contributed by atoms with Crippen LogP contribution in [0.2, 0.25) is 0 Å². The Bertz CT molecular complexity index is 542. The summed E-state index contributed by atoms with van der Waals surface area (Å²) in [6, 6.07) is 3.98.